The first-order chi connectivity index (χ1) is 12.3. The second-order valence-electron chi connectivity index (χ2n) is 5.54. The van der Waals surface area contributed by atoms with Crippen LogP contribution in [0.3, 0.4) is 0 Å². The van der Waals surface area contributed by atoms with Crippen molar-refractivity contribution in [1.82, 2.24) is 0 Å². The normalized spacial score (nSPS) is 10.8. The van der Waals surface area contributed by atoms with E-state index in [0.29, 0.717) is 0 Å². The molecular weight excluding hydrogens is 356 g/mol. The highest BCUT2D eigenvalue weighted by molar-refractivity contribution is 5.72. The second-order valence-corrected chi connectivity index (χ2v) is 6.29. The Morgan fingerprint density at radius 3 is 1.73 bits per heavy atom. The Bertz CT molecular complexity index is 824. The van der Waals surface area contributed by atoms with Crippen molar-refractivity contribution in [1.29, 1.82) is 0 Å². The number of benzene rings is 2. The first-order valence-corrected chi connectivity index (χ1v) is 9.22. The molecule has 136 valence electrons. The van der Waals surface area contributed by atoms with Gasteiger partial charge in [-0.15, -0.1) is 10.2 Å². The number of hydrogen-bond acceptors (Lipinski definition) is 4. The minimum Gasteiger partial charge on any atom is -0.222 e. The van der Waals surface area contributed by atoms with E-state index in [0.717, 1.165) is 23.5 Å². The second kappa shape index (κ2) is 8.89. The fraction of sp³-hybridized carbons (Fsp3) is 0.150. The summed E-state index contributed by atoms with van der Waals surface area (Å²) in [6.45, 7) is 4.27. The van der Waals surface area contributed by atoms with Gasteiger partial charge in [-0.25, -0.2) is 23.1 Å². The van der Waals surface area contributed by atoms with Crippen LogP contribution in [0.5, 0.6) is 0 Å². The molecule has 0 amide bonds. The van der Waals surface area contributed by atoms with E-state index in [1.54, 1.807) is 0 Å². The number of hydrogen-bond donors (Lipinski definition) is 0. The molecule has 0 aliphatic heterocycles. The summed E-state index contributed by atoms with van der Waals surface area (Å²) in [6, 6.07) is 22.9. The van der Waals surface area contributed by atoms with Crippen molar-refractivity contribution in [2.24, 2.45) is 0 Å². The maximum Gasteiger partial charge on any atom is 0.360 e. The van der Waals surface area contributed by atoms with Gasteiger partial charge in [-0.3, -0.25) is 0 Å². The third-order valence-corrected chi connectivity index (χ3v) is 3.80. The maximum atomic E-state index is 8.49. The molecule has 1 heterocycles. The van der Waals surface area contributed by atoms with Gasteiger partial charge in [0.25, 0.3) is 0 Å². The molecule has 3 rings (SSSR count). The van der Waals surface area contributed by atoms with Crippen LogP contribution in [0.25, 0.3) is 22.5 Å². The van der Waals surface area contributed by atoms with E-state index in [2.05, 4.69) is 56.3 Å². The minimum atomic E-state index is -4.94. The topological polar surface area (TPSA) is 104 Å². The lowest BCUT2D eigenvalue weighted by molar-refractivity contribution is -2.00. The van der Waals surface area contributed by atoms with Crippen LogP contribution in [0.15, 0.2) is 71.1 Å². The molecule has 3 aromatic rings. The Morgan fingerprint density at radius 1 is 0.808 bits per heavy atom. The quantitative estimate of drug-likeness (QED) is 0.636. The van der Waals surface area contributed by atoms with Crippen LogP contribution in [-0.4, -0.2) is 0 Å². The first-order valence-electron chi connectivity index (χ1n) is 7.98. The van der Waals surface area contributed by atoms with E-state index >= 15 is 0 Å². The highest BCUT2D eigenvalue weighted by atomic mass is 35.7. The van der Waals surface area contributed by atoms with Crippen LogP contribution in [0.1, 0.15) is 18.2 Å². The van der Waals surface area contributed by atoms with Gasteiger partial charge in [0, 0.05) is 5.56 Å². The van der Waals surface area contributed by atoms with Gasteiger partial charge >= 0.3 is 11.5 Å². The van der Waals surface area contributed by atoms with Gasteiger partial charge < -0.3 is 0 Å². The molecule has 0 radical (unpaired) electrons. The van der Waals surface area contributed by atoms with Crippen molar-refractivity contribution in [3.63, 3.8) is 0 Å². The molecule has 1 aromatic heterocycles. The molecule has 6 heteroatoms. The van der Waals surface area contributed by atoms with Gasteiger partial charge in [0.15, 0.2) is 0 Å². The van der Waals surface area contributed by atoms with E-state index < -0.39 is 10.2 Å². The van der Waals surface area contributed by atoms with Crippen molar-refractivity contribution >= 4 is 0 Å². The largest absolute Gasteiger partial charge is 0.360 e. The van der Waals surface area contributed by atoms with Gasteiger partial charge in [-0.1, -0.05) is 55.5 Å². The molecule has 5 nitrogen and oxygen atoms in total. The molecule has 0 saturated carbocycles. The Kier molecular flexibility index (Phi) is 6.85. The predicted octanol–water partition coefficient (Wildman–Crippen LogP) is 1.01. The van der Waals surface area contributed by atoms with Gasteiger partial charge in [-0.05, 0) is 24.6 Å². The number of rotatable bonds is 3. The van der Waals surface area contributed by atoms with Gasteiger partial charge in [0.05, 0.1) is 23.6 Å². The summed E-state index contributed by atoms with van der Waals surface area (Å²) in [5.41, 5.74) is 4.82. The standard InChI is InChI=1S/C20H19O.ClHO4/c1-3-19-15(2)18(16-10-6-4-7-11-16)14-20(21-19)17-12-8-5-9-13-17;2-1(3,4)5/h4-14H,3H2,1-2H3;(H,2,3,4,5)/q+1;/p-1. The van der Waals surface area contributed by atoms with Crippen LogP contribution >= 0.6 is 0 Å². The van der Waals surface area contributed by atoms with E-state index in [4.69, 9.17) is 23.1 Å². The van der Waals surface area contributed by atoms with Gasteiger partial charge in [0.1, 0.15) is 0 Å². The van der Waals surface area contributed by atoms with Crippen molar-refractivity contribution in [2.45, 2.75) is 20.3 Å². The van der Waals surface area contributed by atoms with Gasteiger partial charge in [-0.2, -0.15) is 0 Å². The van der Waals surface area contributed by atoms with E-state index in [1.165, 1.54) is 16.7 Å². The summed E-state index contributed by atoms with van der Waals surface area (Å²) < 4.78 is 40.1. The molecular formula is C20H19ClO5. The molecule has 0 atom stereocenters. The predicted molar refractivity (Wildman–Crippen MR) is 88.1 cm³/mol. The highest BCUT2D eigenvalue weighted by Gasteiger charge is 2.21. The third kappa shape index (κ3) is 5.91. The maximum absolute atomic E-state index is 8.49. The fourth-order valence-corrected chi connectivity index (χ4v) is 2.63. The molecule has 0 spiro atoms. The molecule has 0 aliphatic carbocycles. The molecule has 26 heavy (non-hydrogen) atoms. The Hall–Kier alpha value is -2.28. The van der Waals surface area contributed by atoms with E-state index in [9.17, 15) is 0 Å². The van der Waals surface area contributed by atoms with Crippen molar-refractivity contribution in [2.75, 3.05) is 0 Å². The van der Waals surface area contributed by atoms with Crippen molar-refractivity contribution in [3.05, 3.63) is 78.1 Å². The zero-order chi connectivity index (χ0) is 19.2. The summed E-state index contributed by atoms with van der Waals surface area (Å²) in [6.07, 6.45) is 0.895. The number of halogens is 1. The van der Waals surface area contributed by atoms with Crippen LogP contribution < -0.4 is 18.6 Å². The fourth-order valence-electron chi connectivity index (χ4n) is 2.63. The summed E-state index contributed by atoms with van der Waals surface area (Å²) in [4.78, 5) is 0. The summed E-state index contributed by atoms with van der Waals surface area (Å²) in [7, 11) is -4.94. The molecule has 0 unspecified atom stereocenters. The molecule has 0 bridgehead atoms. The van der Waals surface area contributed by atoms with Crippen molar-refractivity contribution in [3.8, 4) is 22.5 Å². The average Bonchev–Trinajstić information content (AvgIpc) is 2.62. The average molecular weight is 375 g/mol. The number of aryl methyl sites for hydroxylation is 1. The van der Waals surface area contributed by atoms with E-state index in [-0.39, 0.29) is 0 Å². The smallest absolute Gasteiger partial charge is 0.222 e. The summed E-state index contributed by atoms with van der Waals surface area (Å²) in [5.74, 6) is 1.98. The Labute approximate surface area is 154 Å². The van der Waals surface area contributed by atoms with Crippen LogP contribution in [0.4, 0.5) is 0 Å². The highest BCUT2D eigenvalue weighted by Crippen LogP contribution is 2.32. The zero-order valence-corrected chi connectivity index (χ0v) is 15.2. The van der Waals surface area contributed by atoms with Crippen molar-refractivity contribution < 1.29 is 33.3 Å². The Morgan fingerprint density at radius 2 is 1.27 bits per heavy atom. The lowest BCUT2D eigenvalue weighted by atomic mass is 9.98. The van der Waals surface area contributed by atoms with Crippen LogP contribution in [0.2, 0.25) is 0 Å². The molecule has 0 saturated heterocycles. The molecule has 0 fully saturated rings. The monoisotopic (exact) mass is 374 g/mol. The zero-order valence-electron chi connectivity index (χ0n) is 14.5. The first kappa shape index (κ1) is 20.0. The van der Waals surface area contributed by atoms with Gasteiger partial charge in [0.2, 0.25) is 0 Å². The summed E-state index contributed by atoms with van der Waals surface area (Å²) >= 11 is 0. The SMILES string of the molecule is CCc1[o+]c(-c2ccccc2)cc(-c2ccccc2)c1C.[O-][Cl+3]([O-])([O-])[O-]. The van der Waals surface area contributed by atoms with Crippen LogP contribution in [0, 0.1) is 17.2 Å². The Balaban J connectivity index is 0.000000431. The summed E-state index contributed by atoms with van der Waals surface area (Å²) in [5, 5.41) is 0. The molecule has 0 N–H and O–H groups in total. The third-order valence-electron chi connectivity index (χ3n) is 3.80. The lowest BCUT2D eigenvalue weighted by Crippen LogP contribution is -2.68. The van der Waals surface area contributed by atoms with E-state index in [1.807, 2.05) is 24.3 Å². The molecule has 2 aromatic carbocycles. The molecule has 0 aliphatic rings. The minimum absolute atomic E-state index is 0.895. The lowest BCUT2D eigenvalue weighted by Gasteiger charge is -2.17. The van der Waals surface area contributed by atoms with Crippen LogP contribution in [-0.2, 0) is 6.42 Å².